The van der Waals surface area contributed by atoms with Crippen molar-refractivity contribution in [2.75, 3.05) is 26.8 Å². The Kier molecular flexibility index (Phi) is 4.02. The van der Waals surface area contributed by atoms with Crippen molar-refractivity contribution in [3.8, 4) is 0 Å². The third-order valence-corrected chi connectivity index (χ3v) is 5.43. The van der Waals surface area contributed by atoms with Gasteiger partial charge >= 0.3 is 0 Å². The monoisotopic (exact) mass is 329 g/mol. The lowest BCUT2D eigenvalue weighted by atomic mass is 9.81. The second kappa shape index (κ2) is 6.18. The van der Waals surface area contributed by atoms with Gasteiger partial charge in [0.15, 0.2) is 0 Å². The lowest BCUT2D eigenvalue weighted by molar-refractivity contribution is -0.183. The molecule has 1 spiro atoms. The summed E-state index contributed by atoms with van der Waals surface area (Å²) in [4.78, 5) is 14.8. The lowest BCUT2D eigenvalue weighted by Crippen LogP contribution is -2.56. The van der Waals surface area contributed by atoms with E-state index in [1.165, 1.54) is 0 Å². The number of pyridine rings is 1. The normalized spacial score (nSPS) is 23.7. The Morgan fingerprint density at radius 2 is 2.21 bits per heavy atom. The van der Waals surface area contributed by atoms with Crippen molar-refractivity contribution >= 4 is 11.4 Å². The number of carbonyl (C=O) groups is 1. The number of piperidine rings is 1. The zero-order valence-corrected chi connectivity index (χ0v) is 14.0. The minimum Gasteiger partial charge on any atom is -0.378 e. The zero-order chi connectivity index (χ0) is 16.6. The Morgan fingerprint density at radius 3 is 3.00 bits per heavy atom. The van der Waals surface area contributed by atoms with E-state index in [0.717, 1.165) is 37.8 Å². The standard InChI is InChI=1S/C18H23N3O3/c1-23-16-6-4-12-24-18(16)7-10-20(11-8-18)17(22)14-13-19-21-9-3-2-5-15(14)21/h2-3,5,9,13,16H,4,6-8,10-12H2,1H3/t16-/m0/s1. The van der Waals surface area contributed by atoms with Crippen molar-refractivity contribution in [3.05, 3.63) is 36.2 Å². The van der Waals surface area contributed by atoms with Crippen LogP contribution in [0.25, 0.3) is 5.52 Å². The van der Waals surface area contributed by atoms with E-state index in [0.29, 0.717) is 18.7 Å². The first-order valence-corrected chi connectivity index (χ1v) is 8.62. The summed E-state index contributed by atoms with van der Waals surface area (Å²) in [7, 11) is 1.76. The van der Waals surface area contributed by atoms with Crippen molar-refractivity contribution in [2.24, 2.45) is 0 Å². The van der Waals surface area contributed by atoms with Gasteiger partial charge in [0, 0.05) is 33.0 Å². The summed E-state index contributed by atoms with van der Waals surface area (Å²) in [5.41, 5.74) is 1.30. The Balaban J connectivity index is 1.50. The number of aromatic nitrogens is 2. The summed E-state index contributed by atoms with van der Waals surface area (Å²) >= 11 is 0. The molecular weight excluding hydrogens is 306 g/mol. The minimum atomic E-state index is -0.217. The van der Waals surface area contributed by atoms with Gasteiger partial charge in [-0.3, -0.25) is 4.79 Å². The maximum absolute atomic E-state index is 12.9. The molecule has 0 saturated carbocycles. The molecule has 0 unspecified atom stereocenters. The van der Waals surface area contributed by atoms with Gasteiger partial charge in [-0.25, -0.2) is 4.52 Å². The van der Waals surface area contributed by atoms with Crippen LogP contribution in [-0.4, -0.2) is 58.9 Å². The van der Waals surface area contributed by atoms with Crippen LogP contribution in [0.5, 0.6) is 0 Å². The molecule has 2 fully saturated rings. The number of likely N-dealkylation sites (tertiary alicyclic amines) is 1. The first-order chi connectivity index (χ1) is 11.7. The molecule has 4 rings (SSSR count). The van der Waals surface area contributed by atoms with Crippen LogP contribution >= 0.6 is 0 Å². The number of fused-ring (bicyclic) bond motifs is 1. The maximum atomic E-state index is 12.9. The highest BCUT2D eigenvalue weighted by Crippen LogP contribution is 2.37. The Hall–Kier alpha value is -1.92. The molecule has 0 bridgehead atoms. The fourth-order valence-electron chi connectivity index (χ4n) is 4.06. The van der Waals surface area contributed by atoms with Gasteiger partial charge in [0.05, 0.1) is 29.0 Å². The number of ether oxygens (including phenoxy) is 2. The van der Waals surface area contributed by atoms with E-state index < -0.39 is 0 Å². The van der Waals surface area contributed by atoms with Crippen molar-refractivity contribution in [3.63, 3.8) is 0 Å². The summed E-state index contributed by atoms with van der Waals surface area (Å²) in [6, 6.07) is 5.76. The van der Waals surface area contributed by atoms with E-state index >= 15 is 0 Å². The predicted octanol–water partition coefficient (Wildman–Crippen LogP) is 2.13. The number of rotatable bonds is 2. The van der Waals surface area contributed by atoms with E-state index in [1.807, 2.05) is 29.3 Å². The predicted molar refractivity (Wildman–Crippen MR) is 89.0 cm³/mol. The molecule has 0 aliphatic carbocycles. The molecule has 2 aliphatic heterocycles. The van der Waals surface area contributed by atoms with E-state index in [1.54, 1.807) is 17.8 Å². The lowest BCUT2D eigenvalue weighted by Gasteiger charge is -2.47. The van der Waals surface area contributed by atoms with E-state index in [9.17, 15) is 4.79 Å². The summed E-state index contributed by atoms with van der Waals surface area (Å²) in [5, 5.41) is 4.27. The molecule has 2 aromatic rings. The third-order valence-electron chi connectivity index (χ3n) is 5.43. The highest BCUT2D eigenvalue weighted by atomic mass is 16.5. The van der Waals surface area contributed by atoms with Crippen LogP contribution < -0.4 is 0 Å². The molecule has 128 valence electrons. The number of nitrogens with zero attached hydrogens (tertiary/aromatic N) is 3. The van der Waals surface area contributed by atoms with E-state index in [2.05, 4.69) is 5.10 Å². The van der Waals surface area contributed by atoms with Gasteiger partial charge in [-0.05, 0) is 37.8 Å². The van der Waals surface area contributed by atoms with Crippen LogP contribution in [0.3, 0.4) is 0 Å². The van der Waals surface area contributed by atoms with Crippen LogP contribution in [-0.2, 0) is 9.47 Å². The average Bonchev–Trinajstić information content (AvgIpc) is 3.06. The maximum Gasteiger partial charge on any atom is 0.257 e. The highest BCUT2D eigenvalue weighted by Gasteiger charge is 2.45. The number of carbonyl (C=O) groups excluding carboxylic acids is 1. The van der Waals surface area contributed by atoms with Gasteiger partial charge < -0.3 is 14.4 Å². The first-order valence-electron chi connectivity index (χ1n) is 8.62. The van der Waals surface area contributed by atoms with Crippen LogP contribution in [0.1, 0.15) is 36.0 Å². The van der Waals surface area contributed by atoms with Gasteiger partial charge in [0.2, 0.25) is 0 Å². The number of hydrogen-bond acceptors (Lipinski definition) is 4. The van der Waals surface area contributed by atoms with Crippen LogP contribution in [0.15, 0.2) is 30.6 Å². The minimum absolute atomic E-state index is 0.0517. The second-order valence-corrected chi connectivity index (χ2v) is 6.66. The molecule has 0 aromatic carbocycles. The van der Waals surface area contributed by atoms with Crippen molar-refractivity contribution < 1.29 is 14.3 Å². The van der Waals surface area contributed by atoms with E-state index in [4.69, 9.17) is 9.47 Å². The summed E-state index contributed by atoms with van der Waals surface area (Å²) in [5.74, 6) is 0.0517. The molecule has 24 heavy (non-hydrogen) atoms. The summed E-state index contributed by atoms with van der Waals surface area (Å²) in [6.07, 6.45) is 7.41. The quantitative estimate of drug-likeness (QED) is 0.847. The fourth-order valence-corrected chi connectivity index (χ4v) is 4.06. The van der Waals surface area contributed by atoms with Gasteiger partial charge in [0.25, 0.3) is 5.91 Å². The van der Waals surface area contributed by atoms with Crippen molar-refractivity contribution in [1.29, 1.82) is 0 Å². The zero-order valence-electron chi connectivity index (χ0n) is 14.0. The third kappa shape index (κ3) is 2.50. The molecule has 2 saturated heterocycles. The van der Waals surface area contributed by atoms with Crippen LogP contribution in [0.4, 0.5) is 0 Å². The van der Waals surface area contributed by atoms with E-state index in [-0.39, 0.29) is 17.6 Å². The molecule has 1 amide bonds. The first kappa shape index (κ1) is 15.6. The van der Waals surface area contributed by atoms with Crippen LogP contribution in [0.2, 0.25) is 0 Å². The molecule has 6 heteroatoms. The Labute approximate surface area is 141 Å². The average molecular weight is 329 g/mol. The largest absolute Gasteiger partial charge is 0.378 e. The number of hydrogen-bond donors (Lipinski definition) is 0. The molecule has 6 nitrogen and oxygen atoms in total. The SMILES string of the molecule is CO[C@H]1CCCOC12CCN(C(=O)c1cnn3ccccc13)CC2. The molecule has 2 aromatic heterocycles. The molecule has 0 N–H and O–H groups in total. The molecular formula is C18H23N3O3. The Bertz CT molecular complexity index is 734. The highest BCUT2D eigenvalue weighted by molar-refractivity contribution is 6.00. The molecule has 0 radical (unpaired) electrons. The Morgan fingerprint density at radius 1 is 1.38 bits per heavy atom. The second-order valence-electron chi connectivity index (χ2n) is 6.66. The fraction of sp³-hybridized carbons (Fsp3) is 0.556. The summed E-state index contributed by atoms with van der Waals surface area (Å²) in [6.45, 7) is 2.19. The summed E-state index contributed by atoms with van der Waals surface area (Å²) < 4.78 is 13.5. The molecule has 2 aliphatic rings. The topological polar surface area (TPSA) is 56.1 Å². The van der Waals surface area contributed by atoms with Gasteiger partial charge in [-0.2, -0.15) is 5.10 Å². The van der Waals surface area contributed by atoms with Crippen LogP contribution in [0, 0.1) is 0 Å². The number of methoxy groups -OCH3 is 1. The molecule has 1 atom stereocenters. The van der Waals surface area contributed by atoms with Crippen molar-refractivity contribution in [1.82, 2.24) is 14.5 Å². The van der Waals surface area contributed by atoms with Gasteiger partial charge in [-0.15, -0.1) is 0 Å². The van der Waals surface area contributed by atoms with Gasteiger partial charge in [0.1, 0.15) is 0 Å². The smallest absolute Gasteiger partial charge is 0.257 e. The number of amides is 1. The van der Waals surface area contributed by atoms with Crippen molar-refractivity contribution in [2.45, 2.75) is 37.4 Å². The molecule has 4 heterocycles. The van der Waals surface area contributed by atoms with Gasteiger partial charge in [-0.1, -0.05) is 6.07 Å².